The zero-order chi connectivity index (χ0) is 26.3. The van der Waals surface area contributed by atoms with E-state index in [2.05, 4.69) is 52.1 Å². The Bertz CT molecular complexity index is 1290. The fourth-order valence-corrected chi connectivity index (χ4v) is 3.37. The number of nitrogens with one attached hydrogen (secondary N) is 3. The predicted octanol–water partition coefficient (Wildman–Crippen LogP) is 4.13. The number of carbonyl (C=O) groups is 1. The molecule has 2 aliphatic heterocycles. The van der Waals surface area contributed by atoms with E-state index in [-0.39, 0.29) is 23.5 Å². The average Bonchev–Trinajstić information content (AvgIpc) is 2.79. The molecule has 2 aromatic rings. The first-order valence-electron chi connectivity index (χ1n) is 10.5. The molecule has 0 saturated carbocycles. The van der Waals surface area contributed by atoms with Crippen LogP contribution in [0.25, 0.3) is 0 Å². The molecule has 3 heterocycles. The zero-order valence-electron chi connectivity index (χ0n) is 19.3. The number of fused-ring (bicyclic) bond motifs is 2. The minimum atomic E-state index is -4.85. The van der Waals surface area contributed by atoms with Crippen LogP contribution in [-0.4, -0.2) is 48.8 Å². The maximum absolute atomic E-state index is 13.5. The summed E-state index contributed by atoms with van der Waals surface area (Å²) in [6.45, 7) is 7.08. The number of carbonyl (C=O) groups excluding carboxylic acids is 1. The van der Waals surface area contributed by atoms with Crippen molar-refractivity contribution in [3.05, 3.63) is 35.9 Å². The molecule has 0 fully saturated rings. The molecule has 0 saturated heterocycles. The van der Waals surface area contributed by atoms with Gasteiger partial charge in [0.15, 0.2) is 11.5 Å². The topological polar surface area (TPSA) is 122 Å². The molecule has 1 aromatic carbocycles. The standard InChI is InChI=1S/C22H21F4N7O3/c1-20(2)10-11-5-8-15(30-16(11)32-17(20)34)31-19(28-4)33-18(27-3)29-12-6-7-13-14(9-12)36-22(25,26)21(23,24)35-13/h5-9H,3,10H2,1-2,4H3,(H3,28,29,30,31,32,33,34). The SMILES string of the molecule is C=N/C(=N\C(=NC)Nc1ccc2c(n1)NC(=O)C(C)(C)C2)Nc1ccc2c(c1)OC(F)(F)C(F)(F)O2. The lowest BCUT2D eigenvalue weighted by molar-refractivity contribution is -0.391. The third kappa shape index (κ3) is 4.78. The maximum Gasteiger partial charge on any atom is 0.507 e. The summed E-state index contributed by atoms with van der Waals surface area (Å²) in [5, 5.41) is 8.35. The fraction of sp³-hybridized carbons (Fsp3) is 0.318. The summed E-state index contributed by atoms with van der Waals surface area (Å²) in [6, 6.07) is 6.83. The van der Waals surface area contributed by atoms with Gasteiger partial charge in [0.2, 0.25) is 17.8 Å². The first kappa shape index (κ1) is 24.9. The molecule has 14 heteroatoms. The normalized spacial score (nSPS) is 19.6. The van der Waals surface area contributed by atoms with Crippen LogP contribution in [0.5, 0.6) is 11.5 Å². The summed E-state index contributed by atoms with van der Waals surface area (Å²) in [5.74, 6) is -0.622. The second-order valence-corrected chi connectivity index (χ2v) is 8.51. The van der Waals surface area contributed by atoms with Crippen LogP contribution in [0.1, 0.15) is 19.4 Å². The van der Waals surface area contributed by atoms with Gasteiger partial charge in [-0.25, -0.2) is 9.98 Å². The molecule has 1 aromatic heterocycles. The number of benzene rings is 1. The fourth-order valence-electron chi connectivity index (χ4n) is 3.37. The van der Waals surface area contributed by atoms with Crippen LogP contribution in [0.2, 0.25) is 0 Å². The quantitative estimate of drug-likeness (QED) is 0.319. The first-order chi connectivity index (χ1) is 16.8. The Kier molecular flexibility index (Phi) is 6.06. The average molecular weight is 507 g/mol. The number of amides is 1. The highest BCUT2D eigenvalue weighted by Crippen LogP contribution is 2.47. The summed E-state index contributed by atoms with van der Waals surface area (Å²) in [4.78, 5) is 28.5. The maximum atomic E-state index is 13.5. The van der Waals surface area contributed by atoms with Crippen molar-refractivity contribution in [2.24, 2.45) is 20.4 Å². The third-order valence-electron chi connectivity index (χ3n) is 5.29. The van der Waals surface area contributed by atoms with Crippen molar-refractivity contribution in [2.45, 2.75) is 32.5 Å². The van der Waals surface area contributed by atoms with E-state index in [1.807, 2.05) is 19.9 Å². The van der Waals surface area contributed by atoms with Crippen molar-refractivity contribution in [2.75, 3.05) is 23.0 Å². The lowest BCUT2D eigenvalue weighted by Crippen LogP contribution is -2.52. The molecular formula is C22H21F4N7O3. The Morgan fingerprint density at radius 3 is 2.42 bits per heavy atom. The number of nitrogens with zero attached hydrogens (tertiary/aromatic N) is 4. The number of alkyl halides is 4. The zero-order valence-corrected chi connectivity index (χ0v) is 19.3. The second kappa shape index (κ2) is 8.77. The van der Waals surface area contributed by atoms with Crippen molar-refractivity contribution in [1.29, 1.82) is 0 Å². The van der Waals surface area contributed by atoms with Crippen molar-refractivity contribution >= 4 is 41.9 Å². The minimum Gasteiger partial charge on any atom is -0.421 e. The van der Waals surface area contributed by atoms with Crippen molar-refractivity contribution in [3.8, 4) is 11.5 Å². The molecule has 0 aliphatic carbocycles. The number of aromatic nitrogens is 1. The van der Waals surface area contributed by atoms with Crippen molar-refractivity contribution in [1.82, 2.24) is 4.98 Å². The van der Waals surface area contributed by atoms with Crippen LogP contribution >= 0.6 is 0 Å². The minimum absolute atomic E-state index is 0.0449. The molecular weight excluding hydrogens is 486 g/mol. The molecule has 0 bridgehead atoms. The van der Waals surface area contributed by atoms with Crippen LogP contribution in [0.3, 0.4) is 0 Å². The van der Waals surface area contributed by atoms with Crippen LogP contribution in [0, 0.1) is 5.41 Å². The Balaban J connectivity index is 1.50. The van der Waals surface area contributed by atoms with Crippen LogP contribution in [0.4, 0.5) is 34.9 Å². The Morgan fingerprint density at radius 1 is 1.06 bits per heavy atom. The molecule has 4 rings (SSSR count). The van der Waals surface area contributed by atoms with Gasteiger partial charge in [-0.1, -0.05) is 19.9 Å². The van der Waals surface area contributed by atoms with E-state index >= 15 is 0 Å². The van der Waals surface area contributed by atoms with E-state index in [4.69, 9.17) is 0 Å². The molecule has 0 atom stereocenters. The molecule has 0 radical (unpaired) electrons. The van der Waals surface area contributed by atoms with Crippen LogP contribution < -0.4 is 25.4 Å². The largest absolute Gasteiger partial charge is 0.507 e. The molecule has 0 spiro atoms. The Hall–Kier alpha value is -4.23. The number of guanidine groups is 2. The summed E-state index contributed by atoms with van der Waals surface area (Å²) < 4.78 is 61.8. The number of hydrogen-bond donors (Lipinski definition) is 3. The molecule has 1 amide bonds. The van der Waals surface area contributed by atoms with Gasteiger partial charge >= 0.3 is 12.2 Å². The predicted molar refractivity (Wildman–Crippen MR) is 126 cm³/mol. The number of anilines is 3. The van der Waals surface area contributed by atoms with E-state index in [1.54, 1.807) is 6.07 Å². The molecule has 36 heavy (non-hydrogen) atoms. The monoisotopic (exact) mass is 507 g/mol. The van der Waals surface area contributed by atoms with Gasteiger partial charge in [-0.3, -0.25) is 9.79 Å². The number of halogens is 4. The highest BCUT2D eigenvalue weighted by Gasteiger charge is 2.65. The van der Waals surface area contributed by atoms with Gasteiger partial charge in [-0.15, -0.1) is 0 Å². The molecule has 3 N–H and O–H groups in total. The van der Waals surface area contributed by atoms with E-state index < -0.39 is 29.1 Å². The van der Waals surface area contributed by atoms with Crippen molar-refractivity contribution in [3.63, 3.8) is 0 Å². The van der Waals surface area contributed by atoms with Gasteiger partial charge < -0.3 is 25.4 Å². The number of hydrogen-bond acceptors (Lipinski definition) is 5. The Labute approximate surface area is 202 Å². The summed E-state index contributed by atoms with van der Waals surface area (Å²) in [6.07, 6.45) is -9.14. The number of rotatable bonds is 2. The van der Waals surface area contributed by atoms with Gasteiger partial charge in [0, 0.05) is 24.2 Å². The second-order valence-electron chi connectivity index (χ2n) is 8.51. The van der Waals surface area contributed by atoms with Gasteiger partial charge in [-0.05, 0) is 36.9 Å². The van der Waals surface area contributed by atoms with Crippen LogP contribution in [-0.2, 0) is 11.2 Å². The van der Waals surface area contributed by atoms with Crippen molar-refractivity contribution < 1.29 is 31.8 Å². The summed E-state index contributed by atoms with van der Waals surface area (Å²) in [5.41, 5.74) is 0.447. The third-order valence-corrected chi connectivity index (χ3v) is 5.29. The van der Waals surface area contributed by atoms with E-state index in [0.29, 0.717) is 18.1 Å². The van der Waals surface area contributed by atoms with Gasteiger partial charge in [-0.2, -0.15) is 22.6 Å². The molecule has 2 aliphatic rings. The highest BCUT2D eigenvalue weighted by molar-refractivity contribution is 6.07. The van der Waals surface area contributed by atoms with Crippen LogP contribution in [0.15, 0.2) is 45.3 Å². The van der Waals surface area contributed by atoms with E-state index in [9.17, 15) is 22.4 Å². The lowest BCUT2D eigenvalue weighted by atomic mass is 9.82. The molecule has 0 unspecified atom stereocenters. The number of aliphatic imine (C=N–C) groups is 3. The van der Waals surface area contributed by atoms with Gasteiger partial charge in [0.1, 0.15) is 11.6 Å². The lowest BCUT2D eigenvalue weighted by Gasteiger charge is -2.31. The molecule has 190 valence electrons. The first-order valence-corrected chi connectivity index (χ1v) is 10.5. The number of ether oxygens (including phenoxy) is 2. The van der Waals surface area contributed by atoms with E-state index in [1.165, 1.54) is 13.1 Å². The highest BCUT2D eigenvalue weighted by atomic mass is 19.3. The summed E-state index contributed by atoms with van der Waals surface area (Å²) >= 11 is 0. The Morgan fingerprint density at radius 2 is 1.75 bits per heavy atom. The smallest absolute Gasteiger partial charge is 0.421 e. The molecule has 10 nitrogen and oxygen atoms in total. The van der Waals surface area contributed by atoms with Gasteiger partial charge in [0.05, 0.1) is 0 Å². The number of pyridine rings is 1. The van der Waals surface area contributed by atoms with Gasteiger partial charge in [0.25, 0.3) is 0 Å². The summed E-state index contributed by atoms with van der Waals surface area (Å²) in [7, 11) is 1.45. The van der Waals surface area contributed by atoms with E-state index in [0.717, 1.165) is 17.7 Å².